The third-order valence-electron chi connectivity index (χ3n) is 7.91. The van der Waals surface area contributed by atoms with Crippen molar-refractivity contribution in [2.45, 2.75) is 58.5 Å². The quantitative estimate of drug-likeness (QED) is 0.478. The van der Waals surface area contributed by atoms with E-state index in [4.69, 9.17) is 9.63 Å². The molecule has 1 saturated heterocycles. The van der Waals surface area contributed by atoms with Gasteiger partial charge in [-0.3, -0.25) is 9.48 Å². The Kier molecular flexibility index (Phi) is 6.83. The summed E-state index contributed by atoms with van der Waals surface area (Å²) < 4.78 is 49.3. The second-order valence-electron chi connectivity index (χ2n) is 11.2. The summed E-state index contributed by atoms with van der Waals surface area (Å²) in [5.41, 5.74) is 2.64. The number of hydrogen-bond acceptors (Lipinski definition) is 6. The molecule has 204 valence electrons. The molecule has 0 saturated carbocycles. The SMILES string of the molecule is Cn1nc(-c2noc(-c3ccc(CCN4CCC(C(=O)O)CC4)c(C(F)(F)F)c3)n2)c2c1CC(C)(C)CC2. The van der Waals surface area contributed by atoms with Gasteiger partial charge in [-0.2, -0.15) is 23.3 Å². The van der Waals surface area contributed by atoms with Gasteiger partial charge in [-0.05, 0) is 74.7 Å². The number of rotatable bonds is 6. The lowest BCUT2D eigenvalue weighted by atomic mass is 9.76. The second-order valence-corrected chi connectivity index (χ2v) is 11.2. The number of carboxylic acids is 1. The highest BCUT2D eigenvalue weighted by molar-refractivity contribution is 5.70. The van der Waals surface area contributed by atoms with Gasteiger partial charge in [-0.1, -0.05) is 25.1 Å². The van der Waals surface area contributed by atoms with Crippen LogP contribution >= 0.6 is 0 Å². The van der Waals surface area contributed by atoms with E-state index >= 15 is 0 Å². The Morgan fingerprint density at radius 1 is 1.24 bits per heavy atom. The Balaban J connectivity index is 1.35. The Bertz CT molecular complexity index is 1340. The standard InChI is InChI=1S/C27H32F3N5O3/c1-26(2)10-6-19-21(15-26)34(3)32-22(19)23-31-24(38-33-23)18-5-4-16(20(14-18)27(28,29)30)7-11-35-12-8-17(9-13-35)25(36)37/h4-5,14,17H,6-13,15H2,1-3H3,(H,36,37). The molecular formula is C27H32F3N5O3. The summed E-state index contributed by atoms with van der Waals surface area (Å²) in [7, 11) is 1.88. The maximum atomic E-state index is 14.0. The number of halogens is 3. The first kappa shape index (κ1) is 26.4. The molecule has 1 aliphatic carbocycles. The fourth-order valence-electron chi connectivity index (χ4n) is 5.58. The van der Waals surface area contributed by atoms with Crippen LogP contribution in [0, 0.1) is 11.3 Å². The first-order valence-electron chi connectivity index (χ1n) is 13.0. The summed E-state index contributed by atoms with van der Waals surface area (Å²) in [6.07, 6.45) is -0.609. The van der Waals surface area contributed by atoms with Crippen molar-refractivity contribution >= 4 is 5.97 Å². The van der Waals surface area contributed by atoms with Crippen LogP contribution in [0.3, 0.4) is 0 Å². The van der Waals surface area contributed by atoms with Gasteiger partial charge >= 0.3 is 12.1 Å². The van der Waals surface area contributed by atoms with Gasteiger partial charge in [0.05, 0.1) is 11.5 Å². The molecule has 1 aliphatic heterocycles. The van der Waals surface area contributed by atoms with Crippen LogP contribution < -0.4 is 0 Å². The predicted octanol–water partition coefficient (Wildman–Crippen LogP) is 5.01. The summed E-state index contributed by atoms with van der Waals surface area (Å²) >= 11 is 0. The molecule has 38 heavy (non-hydrogen) atoms. The molecule has 3 heterocycles. The topological polar surface area (TPSA) is 97.3 Å². The smallest absolute Gasteiger partial charge is 0.416 e. The fraction of sp³-hybridized carbons (Fsp3) is 0.556. The molecule has 2 aromatic heterocycles. The number of benzene rings is 1. The van der Waals surface area contributed by atoms with Crippen LogP contribution in [0.5, 0.6) is 0 Å². The number of alkyl halides is 3. The zero-order valence-electron chi connectivity index (χ0n) is 21.8. The molecule has 0 atom stereocenters. The molecule has 1 N–H and O–H groups in total. The van der Waals surface area contributed by atoms with E-state index in [9.17, 15) is 18.0 Å². The molecule has 1 aromatic carbocycles. The van der Waals surface area contributed by atoms with Gasteiger partial charge < -0.3 is 14.5 Å². The average molecular weight is 532 g/mol. The third-order valence-corrected chi connectivity index (χ3v) is 7.91. The molecule has 1 fully saturated rings. The van der Waals surface area contributed by atoms with Crippen molar-refractivity contribution < 1.29 is 27.6 Å². The van der Waals surface area contributed by atoms with Crippen LogP contribution in [0.15, 0.2) is 22.7 Å². The number of carboxylic acid groups (broad SMARTS) is 1. The number of aliphatic carboxylic acids is 1. The largest absolute Gasteiger partial charge is 0.481 e. The molecule has 2 aliphatic rings. The van der Waals surface area contributed by atoms with Gasteiger partial charge in [-0.15, -0.1) is 0 Å². The Labute approximate surface area is 218 Å². The van der Waals surface area contributed by atoms with Crippen molar-refractivity contribution in [1.82, 2.24) is 24.8 Å². The van der Waals surface area contributed by atoms with Crippen LogP contribution in [0.2, 0.25) is 0 Å². The third kappa shape index (κ3) is 5.34. The number of aromatic nitrogens is 4. The number of nitrogens with zero attached hydrogens (tertiary/aromatic N) is 5. The van der Waals surface area contributed by atoms with Gasteiger partial charge in [0.25, 0.3) is 5.89 Å². The first-order chi connectivity index (χ1) is 17.9. The number of carbonyl (C=O) groups is 1. The molecule has 0 unspecified atom stereocenters. The minimum absolute atomic E-state index is 0.0170. The lowest BCUT2D eigenvalue weighted by Gasteiger charge is -2.30. The van der Waals surface area contributed by atoms with Crippen molar-refractivity contribution in [1.29, 1.82) is 0 Å². The van der Waals surface area contributed by atoms with Crippen LogP contribution in [0.1, 0.15) is 55.5 Å². The maximum absolute atomic E-state index is 14.0. The van der Waals surface area contributed by atoms with Gasteiger partial charge in [-0.25, -0.2) is 0 Å². The number of aryl methyl sites for hydroxylation is 1. The highest BCUT2D eigenvalue weighted by Gasteiger charge is 2.35. The van der Waals surface area contributed by atoms with Gasteiger partial charge in [0.15, 0.2) is 0 Å². The minimum Gasteiger partial charge on any atom is -0.481 e. The highest BCUT2D eigenvalue weighted by Crippen LogP contribution is 2.39. The van der Waals surface area contributed by atoms with Crippen LogP contribution in [0.25, 0.3) is 23.0 Å². The van der Waals surface area contributed by atoms with E-state index in [1.54, 1.807) is 6.07 Å². The molecule has 3 aromatic rings. The number of fused-ring (bicyclic) bond motifs is 1. The first-order valence-corrected chi connectivity index (χ1v) is 13.0. The Morgan fingerprint density at radius 2 is 1.97 bits per heavy atom. The maximum Gasteiger partial charge on any atom is 0.416 e. The van der Waals surface area contributed by atoms with Crippen LogP contribution in [-0.2, 0) is 37.3 Å². The van der Waals surface area contributed by atoms with Crippen molar-refractivity contribution in [2.75, 3.05) is 19.6 Å². The number of hydrogen-bond donors (Lipinski definition) is 1. The Hall–Kier alpha value is -3.21. The lowest BCUT2D eigenvalue weighted by Crippen LogP contribution is -2.37. The van der Waals surface area contributed by atoms with E-state index in [2.05, 4.69) is 29.1 Å². The monoisotopic (exact) mass is 531 g/mol. The van der Waals surface area contributed by atoms with Crippen molar-refractivity contribution in [3.8, 4) is 23.0 Å². The molecule has 11 heteroatoms. The summed E-state index contributed by atoms with van der Waals surface area (Å²) in [4.78, 5) is 17.6. The van der Waals surface area contributed by atoms with Crippen LogP contribution in [0.4, 0.5) is 13.2 Å². The van der Waals surface area contributed by atoms with Gasteiger partial charge in [0.2, 0.25) is 5.82 Å². The van der Waals surface area contributed by atoms with Crippen molar-refractivity contribution in [2.24, 2.45) is 18.4 Å². The van der Waals surface area contributed by atoms with Crippen molar-refractivity contribution in [3.63, 3.8) is 0 Å². The molecule has 0 spiro atoms. The summed E-state index contributed by atoms with van der Waals surface area (Å²) in [5, 5.41) is 17.8. The van der Waals surface area contributed by atoms with E-state index in [-0.39, 0.29) is 40.6 Å². The molecule has 5 rings (SSSR count). The zero-order chi connectivity index (χ0) is 27.2. The second kappa shape index (κ2) is 9.83. The molecule has 0 amide bonds. The Morgan fingerprint density at radius 3 is 2.66 bits per heavy atom. The summed E-state index contributed by atoms with van der Waals surface area (Å²) in [6, 6.07) is 4.12. The fourth-order valence-corrected chi connectivity index (χ4v) is 5.58. The zero-order valence-corrected chi connectivity index (χ0v) is 21.8. The average Bonchev–Trinajstić information content (AvgIpc) is 3.46. The number of likely N-dealkylation sites (tertiary alicyclic amines) is 1. The molecule has 0 bridgehead atoms. The minimum atomic E-state index is -4.54. The summed E-state index contributed by atoms with van der Waals surface area (Å²) in [6.45, 7) is 6.00. The molecular weight excluding hydrogens is 499 g/mol. The van der Waals surface area contributed by atoms with E-state index in [1.165, 1.54) is 6.07 Å². The van der Waals surface area contributed by atoms with E-state index < -0.39 is 17.7 Å². The highest BCUT2D eigenvalue weighted by atomic mass is 19.4. The van der Waals surface area contributed by atoms with Crippen LogP contribution in [-0.4, -0.2) is 55.5 Å². The van der Waals surface area contributed by atoms with E-state index in [1.807, 2.05) is 16.6 Å². The summed E-state index contributed by atoms with van der Waals surface area (Å²) in [5.74, 6) is -0.892. The van der Waals surface area contributed by atoms with Crippen molar-refractivity contribution in [3.05, 3.63) is 40.6 Å². The number of piperidine rings is 1. The normalized spacial score (nSPS) is 18.5. The lowest BCUT2D eigenvalue weighted by molar-refractivity contribution is -0.143. The van der Waals surface area contributed by atoms with E-state index in [0.29, 0.717) is 38.2 Å². The van der Waals surface area contributed by atoms with Gasteiger partial charge in [0.1, 0.15) is 5.69 Å². The van der Waals surface area contributed by atoms with Gasteiger partial charge in [0, 0.05) is 30.4 Å². The molecule has 0 radical (unpaired) electrons. The molecule has 8 nitrogen and oxygen atoms in total. The van der Waals surface area contributed by atoms with E-state index in [0.717, 1.165) is 36.6 Å². The predicted molar refractivity (Wildman–Crippen MR) is 133 cm³/mol.